The molecule has 0 bridgehead atoms. The average Bonchev–Trinajstić information content (AvgIpc) is 3.21. The first kappa shape index (κ1) is 18.7. The van der Waals surface area contributed by atoms with Gasteiger partial charge in [-0.25, -0.2) is 13.6 Å². The van der Waals surface area contributed by atoms with Crippen LogP contribution in [0.5, 0.6) is 0 Å². The molecule has 1 amide bonds. The first-order chi connectivity index (χ1) is 13.0. The number of esters is 1. The van der Waals surface area contributed by atoms with Crippen molar-refractivity contribution in [3.63, 3.8) is 0 Å². The highest BCUT2D eigenvalue weighted by Crippen LogP contribution is 2.24. The molecule has 0 aliphatic rings. The quantitative estimate of drug-likeness (QED) is 0.644. The zero-order valence-corrected chi connectivity index (χ0v) is 14.8. The van der Waals surface area contributed by atoms with Gasteiger partial charge in [0.05, 0.1) is 0 Å². The second-order valence-corrected chi connectivity index (χ2v) is 6.58. The molecular formula is C20H15F2NO3S. The molecule has 1 aromatic heterocycles. The van der Waals surface area contributed by atoms with Gasteiger partial charge in [-0.3, -0.25) is 4.79 Å². The van der Waals surface area contributed by atoms with E-state index in [-0.39, 0.29) is 17.9 Å². The minimum Gasteiger partial charge on any atom is -0.443 e. The number of rotatable bonds is 6. The van der Waals surface area contributed by atoms with E-state index in [0.717, 1.165) is 11.3 Å². The van der Waals surface area contributed by atoms with Crippen LogP contribution in [0.3, 0.4) is 0 Å². The Hall–Kier alpha value is -3.06. The van der Waals surface area contributed by atoms with Crippen LogP contribution in [0, 0.1) is 11.6 Å². The van der Waals surface area contributed by atoms with Crippen molar-refractivity contribution < 1.29 is 23.1 Å². The maximum atomic E-state index is 14.2. The summed E-state index contributed by atoms with van der Waals surface area (Å²) in [7, 11) is 0. The Labute approximate surface area is 158 Å². The van der Waals surface area contributed by atoms with Crippen LogP contribution in [-0.2, 0) is 16.1 Å². The van der Waals surface area contributed by atoms with Gasteiger partial charge in [-0.1, -0.05) is 36.4 Å². The third-order valence-electron chi connectivity index (χ3n) is 3.75. The minimum atomic E-state index is -1.44. The lowest BCUT2D eigenvalue weighted by Gasteiger charge is -2.18. The summed E-state index contributed by atoms with van der Waals surface area (Å²) >= 11 is 1.16. The first-order valence-corrected chi connectivity index (χ1v) is 8.93. The monoisotopic (exact) mass is 387 g/mol. The van der Waals surface area contributed by atoms with Gasteiger partial charge in [-0.05, 0) is 35.2 Å². The highest BCUT2D eigenvalue weighted by molar-refractivity contribution is 7.11. The molecule has 0 aliphatic heterocycles. The summed E-state index contributed by atoms with van der Waals surface area (Å²) in [6.45, 7) is 0.0839. The van der Waals surface area contributed by atoms with Crippen molar-refractivity contribution in [2.45, 2.75) is 12.6 Å². The van der Waals surface area contributed by atoms with Crippen molar-refractivity contribution in [1.29, 1.82) is 0 Å². The fourth-order valence-electron chi connectivity index (χ4n) is 2.39. The lowest BCUT2D eigenvalue weighted by molar-refractivity contribution is -0.130. The van der Waals surface area contributed by atoms with Crippen LogP contribution in [0.2, 0.25) is 0 Å². The SMILES string of the molecule is O=C(O[C@H](C(=O)NCc1ccc(F)cc1)c1ccccc1F)c1cccs1. The van der Waals surface area contributed by atoms with Gasteiger partial charge in [0.25, 0.3) is 5.91 Å². The Balaban J connectivity index is 1.78. The predicted octanol–water partition coefficient (Wildman–Crippen LogP) is 4.24. The summed E-state index contributed by atoms with van der Waals surface area (Å²) in [5.74, 6) is -2.43. The fourth-order valence-corrected chi connectivity index (χ4v) is 3.00. The van der Waals surface area contributed by atoms with E-state index >= 15 is 0 Å². The zero-order valence-electron chi connectivity index (χ0n) is 14.0. The van der Waals surface area contributed by atoms with E-state index in [1.54, 1.807) is 23.6 Å². The van der Waals surface area contributed by atoms with Crippen LogP contribution in [0.4, 0.5) is 8.78 Å². The number of hydrogen-bond donors (Lipinski definition) is 1. The molecular weight excluding hydrogens is 372 g/mol. The molecule has 0 radical (unpaired) electrons. The summed E-state index contributed by atoms with van der Waals surface area (Å²) in [6.07, 6.45) is -1.44. The predicted molar refractivity (Wildman–Crippen MR) is 97.1 cm³/mol. The molecule has 2 aromatic carbocycles. The minimum absolute atomic E-state index is 0.0426. The van der Waals surface area contributed by atoms with Gasteiger partial charge in [0.1, 0.15) is 16.5 Å². The maximum Gasteiger partial charge on any atom is 0.349 e. The van der Waals surface area contributed by atoms with Crippen molar-refractivity contribution in [2.75, 3.05) is 0 Å². The first-order valence-electron chi connectivity index (χ1n) is 8.05. The van der Waals surface area contributed by atoms with Crippen LogP contribution >= 0.6 is 11.3 Å². The molecule has 27 heavy (non-hydrogen) atoms. The Kier molecular flexibility index (Phi) is 5.93. The van der Waals surface area contributed by atoms with Crippen molar-refractivity contribution in [1.82, 2.24) is 5.32 Å². The van der Waals surface area contributed by atoms with E-state index in [0.29, 0.717) is 10.4 Å². The topological polar surface area (TPSA) is 55.4 Å². The molecule has 0 saturated carbocycles. The van der Waals surface area contributed by atoms with E-state index in [1.165, 1.54) is 42.5 Å². The molecule has 4 nitrogen and oxygen atoms in total. The average molecular weight is 387 g/mol. The van der Waals surface area contributed by atoms with Gasteiger partial charge in [-0.15, -0.1) is 11.3 Å². The number of thiophene rings is 1. The number of hydrogen-bond acceptors (Lipinski definition) is 4. The van der Waals surface area contributed by atoms with Gasteiger partial charge in [-0.2, -0.15) is 0 Å². The molecule has 0 fully saturated rings. The second kappa shape index (κ2) is 8.55. The van der Waals surface area contributed by atoms with Crippen LogP contribution < -0.4 is 5.32 Å². The molecule has 1 heterocycles. The van der Waals surface area contributed by atoms with E-state index < -0.39 is 23.8 Å². The third-order valence-corrected chi connectivity index (χ3v) is 4.60. The molecule has 0 spiro atoms. The Morgan fingerprint density at radius 2 is 1.74 bits per heavy atom. The third kappa shape index (κ3) is 4.77. The molecule has 3 rings (SSSR count). The van der Waals surface area contributed by atoms with Gasteiger partial charge in [0, 0.05) is 12.1 Å². The van der Waals surface area contributed by atoms with Crippen LogP contribution in [0.1, 0.15) is 26.9 Å². The molecule has 0 saturated heterocycles. The van der Waals surface area contributed by atoms with Crippen LogP contribution in [-0.4, -0.2) is 11.9 Å². The molecule has 0 aliphatic carbocycles. The summed E-state index contributed by atoms with van der Waals surface area (Å²) in [4.78, 5) is 25.2. The van der Waals surface area contributed by atoms with Crippen molar-refractivity contribution in [3.05, 3.63) is 93.7 Å². The van der Waals surface area contributed by atoms with Crippen molar-refractivity contribution in [3.8, 4) is 0 Å². The zero-order chi connectivity index (χ0) is 19.2. The number of nitrogens with one attached hydrogen (secondary N) is 1. The highest BCUT2D eigenvalue weighted by Gasteiger charge is 2.28. The lowest BCUT2D eigenvalue weighted by Crippen LogP contribution is -2.32. The van der Waals surface area contributed by atoms with Gasteiger partial charge >= 0.3 is 5.97 Å². The second-order valence-electron chi connectivity index (χ2n) is 5.63. The largest absolute Gasteiger partial charge is 0.443 e. The summed E-state index contributed by atoms with van der Waals surface area (Å²) in [6, 6.07) is 14.4. The number of carbonyl (C=O) groups excluding carboxylic acids is 2. The summed E-state index contributed by atoms with van der Waals surface area (Å²) in [5.41, 5.74) is 0.612. The number of carbonyl (C=O) groups is 2. The smallest absolute Gasteiger partial charge is 0.349 e. The van der Waals surface area contributed by atoms with E-state index in [4.69, 9.17) is 4.74 Å². The normalized spacial score (nSPS) is 11.6. The number of ether oxygens (including phenoxy) is 1. The number of benzene rings is 2. The molecule has 3 aromatic rings. The standard InChI is InChI=1S/C20H15F2NO3S/c21-14-9-7-13(8-10-14)12-23-19(24)18(15-4-1-2-5-16(15)22)26-20(25)17-6-3-11-27-17/h1-11,18H,12H2,(H,23,24)/t18-/m0/s1. The Bertz CT molecular complexity index is 927. The van der Waals surface area contributed by atoms with E-state index in [1.807, 2.05) is 0 Å². The Morgan fingerprint density at radius 3 is 2.41 bits per heavy atom. The molecule has 1 atom stereocenters. The molecule has 0 unspecified atom stereocenters. The van der Waals surface area contributed by atoms with Gasteiger partial charge in [0.2, 0.25) is 6.10 Å². The maximum absolute atomic E-state index is 14.2. The molecule has 138 valence electrons. The lowest BCUT2D eigenvalue weighted by atomic mass is 10.1. The van der Waals surface area contributed by atoms with Crippen molar-refractivity contribution in [2.24, 2.45) is 0 Å². The fraction of sp³-hybridized carbons (Fsp3) is 0.100. The van der Waals surface area contributed by atoms with Gasteiger partial charge < -0.3 is 10.1 Å². The van der Waals surface area contributed by atoms with E-state index in [9.17, 15) is 18.4 Å². The Morgan fingerprint density at radius 1 is 1.00 bits per heavy atom. The highest BCUT2D eigenvalue weighted by atomic mass is 32.1. The van der Waals surface area contributed by atoms with Crippen molar-refractivity contribution >= 4 is 23.2 Å². The number of amides is 1. The van der Waals surface area contributed by atoms with Crippen LogP contribution in [0.15, 0.2) is 66.0 Å². The van der Waals surface area contributed by atoms with Crippen LogP contribution in [0.25, 0.3) is 0 Å². The number of halogens is 2. The van der Waals surface area contributed by atoms with E-state index in [2.05, 4.69) is 5.32 Å². The molecule has 7 heteroatoms. The summed E-state index contributed by atoms with van der Waals surface area (Å²) < 4.78 is 32.5. The molecule has 1 N–H and O–H groups in total. The van der Waals surface area contributed by atoms with Gasteiger partial charge in [0.15, 0.2) is 0 Å². The summed E-state index contributed by atoms with van der Waals surface area (Å²) in [5, 5.41) is 4.29.